The number of nitrogens with zero attached hydrogens (tertiary/aromatic N) is 1. The molecule has 2 amide bonds. The van der Waals surface area contributed by atoms with Crippen molar-refractivity contribution in [3.8, 4) is 0 Å². The normalized spacial score (nSPS) is 23.6. The molecule has 0 radical (unpaired) electrons. The van der Waals surface area contributed by atoms with Gasteiger partial charge in [0.15, 0.2) is 0 Å². The van der Waals surface area contributed by atoms with Crippen LogP contribution in [0.2, 0.25) is 0 Å². The highest BCUT2D eigenvalue weighted by molar-refractivity contribution is 6.05. The Morgan fingerprint density at radius 2 is 1.94 bits per heavy atom. The van der Waals surface area contributed by atoms with Crippen LogP contribution in [-0.4, -0.2) is 34.8 Å². The number of carbonyl (C=O) groups is 2. The van der Waals surface area contributed by atoms with E-state index >= 15 is 0 Å². The van der Waals surface area contributed by atoms with Gasteiger partial charge in [0.1, 0.15) is 0 Å². The summed E-state index contributed by atoms with van der Waals surface area (Å²) >= 11 is 0. The maximum absolute atomic E-state index is 12.2. The van der Waals surface area contributed by atoms with E-state index < -0.39 is 0 Å². The Balaban J connectivity index is 2.65. The Labute approximate surface area is 110 Å². The SMILES string of the molecule is CCCC(CC)NC1CC(=O)N(C(C)CC)C1=O. The lowest BCUT2D eigenvalue weighted by molar-refractivity contribution is -0.141. The van der Waals surface area contributed by atoms with Crippen LogP contribution in [0.4, 0.5) is 0 Å². The van der Waals surface area contributed by atoms with E-state index in [9.17, 15) is 9.59 Å². The summed E-state index contributed by atoms with van der Waals surface area (Å²) in [5.41, 5.74) is 0. The van der Waals surface area contributed by atoms with Crippen LogP contribution in [0, 0.1) is 0 Å². The van der Waals surface area contributed by atoms with Crippen LogP contribution in [0.15, 0.2) is 0 Å². The van der Waals surface area contributed by atoms with Gasteiger partial charge >= 0.3 is 0 Å². The molecule has 1 rings (SSSR count). The van der Waals surface area contributed by atoms with Crippen molar-refractivity contribution in [3.05, 3.63) is 0 Å². The maximum Gasteiger partial charge on any atom is 0.247 e. The van der Waals surface area contributed by atoms with Crippen molar-refractivity contribution in [1.82, 2.24) is 10.2 Å². The third-order valence-electron chi connectivity index (χ3n) is 3.78. The molecule has 1 N–H and O–H groups in total. The zero-order chi connectivity index (χ0) is 13.7. The van der Waals surface area contributed by atoms with Crippen LogP contribution in [-0.2, 0) is 9.59 Å². The van der Waals surface area contributed by atoms with Crippen molar-refractivity contribution in [3.63, 3.8) is 0 Å². The van der Waals surface area contributed by atoms with Crippen LogP contribution < -0.4 is 5.32 Å². The van der Waals surface area contributed by atoms with E-state index in [2.05, 4.69) is 19.2 Å². The van der Waals surface area contributed by atoms with Gasteiger partial charge in [-0.25, -0.2) is 0 Å². The van der Waals surface area contributed by atoms with Crippen molar-refractivity contribution in [2.45, 2.75) is 77.9 Å². The first kappa shape index (κ1) is 15.2. The Kier molecular flexibility index (Phi) is 5.79. The average molecular weight is 254 g/mol. The first-order chi connectivity index (χ1) is 8.54. The minimum Gasteiger partial charge on any atom is -0.303 e. The lowest BCUT2D eigenvalue weighted by Crippen LogP contribution is -2.45. The van der Waals surface area contributed by atoms with E-state index in [1.54, 1.807) is 0 Å². The van der Waals surface area contributed by atoms with Gasteiger partial charge in [0.05, 0.1) is 12.5 Å². The van der Waals surface area contributed by atoms with E-state index in [1.807, 2.05) is 13.8 Å². The molecular weight excluding hydrogens is 228 g/mol. The summed E-state index contributed by atoms with van der Waals surface area (Å²) < 4.78 is 0. The molecule has 1 aliphatic rings. The van der Waals surface area contributed by atoms with Gasteiger partial charge < -0.3 is 5.32 Å². The zero-order valence-corrected chi connectivity index (χ0v) is 12.0. The smallest absolute Gasteiger partial charge is 0.247 e. The van der Waals surface area contributed by atoms with E-state index in [0.29, 0.717) is 12.5 Å². The van der Waals surface area contributed by atoms with Crippen molar-refractivity contribution >= 4 is 11.8 Å². The first-order valence-corrected chi connectivity index (χ1v) is 7.16. The number of carbonyl (C=O) groups excluding carboxylic acids is 2. The lowest BCUT2D eigenvalue weighted by atomic mass is 10.1. The predicted octanol–water partition coefficient (Wildman–Crippen LogP) is 2.08. The molecule has 0 spiro atoms. The molecule has 0 bridgehead atoms. The summed E-state index contributed by atoms with van der Waals surface area (Å²) in [6, 6.07) is 0.0553. The highest BCUT2D eigenvalue weighted by Gasteiger charge is 2.40. The average Bonchev–Trinajstić information content (AvgIpc) is 2.63. The van der Waals surface area contributed by atoms with E-state index in [-0.39, 0.29) is 23.9 Å². The monoisotopic (exact) mass is 254 g/mol. The fourth-order valence-corrected chi connectivity index (χ4v) is 2.47. The highest BCUT2D eigenvalue weighted by Crippen LogP contribution is 2.19. The van der Waals surface area contributed by atoms with E-state index in [4.69, 9.17) is 0 Å². The Bertz CT molecular complexity index is 304. The molecule has 18 heavy (non-hydrogen) atoms. The molecule has 1 saturated heterocycles. The molecule has 1 fully saturated rings. The lowest BCUT2D eigenvalue weighted by Gasteiger charge is -2.23. The summed E-state index contributed by atoms with van der Waals surface area (Å²) in [5, 5.41) is 3.34. The van der Waals surface area contributed by atoms with E-state index in [0.717, 1.165) is 25.7 Å². The number of imide groups is 1. The molecule has 4 heteroatoms. The summed E-state index contributed by atoms with van der Waals surface area (Å²) in [6.07, 6.45) is 4.28. The maximum atomic E-state index is 12.2. The second-order valence-corrected chi connectivity index (χ2v) is 5.18. The van der Waals surface area contributed by atoms with Crippen molar-refractivity contribution in [1.29, 1.82) is 0 Å². The van der Waals surface area contributed by atoms with Gasteiger partial charge in [0, 0.05) is 12.1 Å². The minimum atomic E-state index is -0.303. The van der Waals surface area contributed by atoms with Gasteiger partial charge in [-0.3, -0.25) is 14.5 Å². The third-order valence-corrected chi connectivity index (χ3v) is 3.78. The Morgan fingerprint density at radius 3 is 2.44 bits per heavy atom. The molecule has 104 valence electrons. The fourth-order valence-electron chi connectivity index (χ4n) is 2.47. The standard InChI is InChI=1S/C14H26N2O2/c1-5-8-11(7-3)15-12-9-13(17)16(14(12)18)10(4)6-2/h10-12,15H,5-9H2,1-4H3. The van der Waals surface area contributed by atoms with Gasteiger partial charge in [-0.1, -0.05) is 27.2 Å². The number of hydrogen-bond acceptors (Lipinski definition) is 3. The Morgan fingerprint density at radius 1 is 1.28 bits per heavy atom. The van der Waals surface area contributed by atoms with Crippen molar-refractivity contribution < 1.29 is 9.59 Å². The summed E-state index contributed by atoms with van der Waals surface area (Å²) in [5.74, 6) is -0.0675. The molecule has 0 saturated carbocycles. The van der Waals surface area contributed by atoms with Gasteiger partial charge in [-0.2, -0.15) is 0 Å². The summed E-state index contributed by atoms with van der Waals surface area (Å²) in [6.45, 7) is 8.18. The molecule has 0 aromatic rings. The van der Waals surface area contributed by atoms with Crippen molar-refractivity contribution in [2.75, 3.05) is 0 Å². The van der Waals surface area contributed by atoms with Gasteiger partial charge in [-0.05, 0) is 26.2 Å². The topological polar surface area (TPSA) is 49.4 Å². The molecule has 4 nitrogen and oxygen atoms in total. The van der Waals surface area contributed by atoms with Crippen LogP contribution in [0.5, 0.6) is 0 Å². The number of nitrogens with one attached hydrogen (secondary N) is 1. The van der Waals surface area contributed by atoms with Gasteiger partial charge in [0.2, 0.25) is 11.8 Å². The molecule has 0 aliphatic carbocycles. The number of likely N-dealkylation sites (tertiary alicyclic amines) is 1. The van der Waals surface area contributed by atoms with Crippen LogP contribution >= 0.6 is 0 Å². The second kappa shape index (κ2) is 6.88. The molecule has 1 aliphatic heterocycles. The van der Waals surface area contributed by atoms with Gasteiger partial charge in [-0.15, -0.1) is 0 Å². The summed E-state index contributed by atoms with van der Waals surface area (Å²) in [7, 11) is 0. The van der Waals surface area contributed by atoms with Crippen LogP contribution in [0.1, 0.15) is 59.8 Å². The number of rotatable bonds is 7. The molecule has 3 unspecified atom stereocenters. The predicted molar refractivity (Wildman–Crippen MR) is 72.1 cm³/mol. The van der Waals surface area contributed by atoms with E-state index in [1.165, 1.54) is 4.90 Å². The third kappa shape index (κ3) is 3.31. The van der Waals surface area contributed by atoms with Crippen LogP contribution in [0.3, 0.4) is 0 Å². The first-order valence-electron chi connectivity index (χ1n) is 7.16. The molecule has 3 atom stereocenters. The molecule has 0 aromatic carbocycles. The fraction of sp³-hybridized carbons (Fsp3) is 0.857. The van der Waals surface area contributed by atoms with Crippen molar-refractivity contribution in [2.24, 2.45) is 0 Å². The second-order valence-electron chi connectivity index (χ2n) is 5.18. The quantitative estimate of drug-likeness (QED) is 0.708. The number of amides is 2. The minimum absolute atomic E-state index is 0.0167. The van der Waals surface area contributed by atoms with Gasteiger partial charge in [0.25, 0.3) is 0 Å². The number of hydrogen-bond donors (Lipinski definition) is 1. The zero-order valence-electron chi connectivity index (χ0n) is 12.0. The molecular formula is C14H26N2O2. The molecule has 0 aromatic heterocycles. The van der Waals surface area contributed by atoms with Crippen LogP contribution in [0.25, 0.3) is 0 Å². The largest absolute Gasteiger partial charge is 0.303 e. The Hall–Kier alpha value is -0.900. The highest BCUT2D eigenvalue weighted by atomic mass is 16.2. The molecule has 1 heterocycles. The summed E-state index contributed by atoms with van der Waals surface area (Å²) in [4.78, 5) is 25.5.